The molecule has 1 aliphatic rings. The number of methoxy groups -OCH3 is 1. The second kappa shape index (κ2) is 6.79. The fourth-order valence-electron chi connectivity index (χ4n) is 2.09. The lowest BCUT2D eigenvalue weighted by atomic mass is 10.2. The number of ketones is 1. The molecular formula is C13H18N2O3S. The number of carbonyl (C=O) groups excluding carboxylic acids is 2. The summed E-state index contributed by atoms with van der Waals surface area (Å²) in [5, 5.41) is 1.91. The molecule has 5 nitrogen and oxygen atoms in total. The smallest absolute Gasteiger partial charge is 0.248 e. The number of ether oxygens (including phenoxy) is 1. The van der Waals surface area contributed by atoms with Crippen LogP contribution in [0.15, 0.2) is 17.5 Å². The van der Waals surface area contributed by atoms with Crippen molar-refractivity contribution >= 4 is 23.0 Å². The summed E-state index contributed by atoms with van der Waals surface area (Å²) >= 11 is 1.47. The maximum absolute atomic E-state index is 12.0. The number of hydrogen-bond donors (Lipinski definition) is 0. The molecular weight excluding hydrogens is 264 g/mol. The molecule has 1 aromatic heterocycles. The summed E-state index contributed by atoms with van der Waals surface area (Å²) in [7, 11) is 1.52. The summed E-state index contributed by atoms with van der Waals surface area (Å²) in [4.78, 5) is 28.3. The van der Waals surface area contributed by atoms with E-state index in [9.17, 15) is 9.59 Å². The Bertz CT molecular complexity index is 425. The van der Waals surface area contributed by atoms with Crippen LogP contribution in [0.25, 0.3) is 0 Å². The van der Waals surface area contributed by atoms with E-state index >= 15 is 0 Å². The number of Topliss-reactive ketones (excluding diaryl/α,β-unsaturated/α-hetero) is 1. The van der Waals surface area contributed by atoms with Crippen molar-refractivity contribution < 1.29 is 14.3 Å². The molecule has 0 radical (unpaired) electrons. The number of amides is 1. The van der Waals surface area contributed by atoms with E-state index in [4.69, 9.17) is 4.74 Å². The van der Waals surface area contributed by atoms with Crippen LogP contribution >= 0.6 is 11.3 Å². The Morgan fingerprint density at radius 1 is 1.32 bits per heavy atom. The third kappa shape index (κ3) is 3.86. The van der Waals surface area contributed by atoms with Crippen LogP contribution < -0.4 is 0 Å². The number of hydrogen-bond acceptors (Lipinski definition) is 5. The van der Waals surface area contributed by atoms with Gasteiger partial charge in [0, 0.05) is 33.3 Å². The maximum atomic E-state index is 12.0. The molecule has 2 rings (SSSR count). The summed E-state index contributed by atoms with van der Waals surface area (Å²) < 4.78 is 4.84. The zero-order chi connectivity index (χ0) is 13.7. The standard InChI is InChI=1S/C13H18N2O3S/c1-18-10-13(17)15-6-4-14(5-7-15)9-11(16)12-3-2-8-19-12/h2-3,8H,4-7,9-10H2,1H3. The highest BCUT2D eigenvalue weighted by molar-refractivity contribution is 7.12. The van der Waals surface area contributed by atoms with Gasteiger partial charge >= 0.3 is 0 Å². The zero-order valence-electron chi connectivity index (χ0n) is 11.0. The van der Waals surface area contributed by atoms with Crippen molar-refractivity contribution in [3.8, 4) is 0 Å². The van der Waals surface area contributed by atoms with E-state index in [1.54, 1.807) is 4.90 Å². The number of piperazine rings is 1. The van der Waals surface area contributed by atoms with Crippen LogP contribution in [0.1, 0.15) is 9.67 Å². The predicted octanol–water partition coefficient (Wildman–Crippen LogP) is 0.721. The summed E-state index contributed by atoms with van der Waals surface area (Å²) in [5.41, 5.74) is 0. The summed E-state index contributed by atoms with van der Waals surface area (Å²) in [6.07, 6.45) is 0. The molecule has 0 aliphatic carbocycles. The van der Waals surface area contributed by atoms with Crippen LogP contribution in [0.2, 0.25) is 0 Å². The van der Waals surface area contributed by atoms with Gasteiger partial charge in [0.1, 0.15) is 6.61 Å². The molecule has 0 N–H and O–H groups in total. The van der Waals surface area contributed by atoms with E-state index in [1.165, 1.54) is 18.4 Å². The second-order valence-corrected chi connectivity index (χ2v) is 5.44. The van der Waals surface area contributed by atoms with Gasteiger partial charge in [-0.15, -0.1) is 11.3 Å². The highest BCUT2D eigenvalue weighted by atomic mass is 32.1. The molecule has 1 saturated heterocycles. The van der Waals surface area contributed by atoms with Gasteiger partial charge in [-0.3, -0.25) is 14.5 Å². The number of rotatable bonds is 5. The van der Waals surface area contributed by atoms with Crippen molar-refractivity contribution in [1.82, 2.24) is 9.80 Å². The first-order chi connectivity index (χ1) is 9.20. The summed E-state index contributed by atoms with van der Waals surface area (Å²) in [6, 6.07) is 3.74. The Hall–Kier alpha value is -1.24. The lowest BCUT2D eigenvalue weighted by Crippen LogP contribution is -2.50. The van der Waals surface area contributed by atoms with Gasteiger partial charge in [0.25, 0.3) is 0 Å². The highest BCUT2D eigenvalue weighted by Crippen LogP contribution is 2.11. The van der Waals surface area contributed by atoms with Crippen molar-refractivity contribution in [1.29, 1.82) is 0 Å². The lowest BCUT2D eigenvalue weighted by Gasteiger charge is -2.34. The maximum Gasteiger partial charge on any atom is 0.248 e. The minimum Gasteiger partial charge on any atom is -0.375 e. The third-order valence-corrected chi connectivity index (χ3v) is 4.07. The van der Waals surface area contributed by atoms with E-state index in [0.29, 0.717) is 19.6 Å². The summed E-state index contributed by atoms with van der Waals surface area (Å²) in [5.74, 6) is 0.179. The van der Waals surface area contributed by atoms with Crippen LogP contribution in [-0.4, -0.2) is 67.9 Å². The largest absolute Gasteiger partial charge is 0.375 e. The van der Waals surface area contributed by atoms with Crippen LogP contribution in [0.3, 0.4) is 0 Å². The van der Waals surface area contributed by atoms with Gasteiger partial charge < -0.3 is 9.64 Å². The molecule has 2 heterocycles. The lowest BCUT2D eigenvalue weighted by molar-refractivity contribution is -0.136. The number of nitrogens with zero attached hydrogens (tertiary/aromatic N) is 2. The predicted molar refractivity (Wildman–Crippen MR) is 73.5 cm³/mol. The third-order valence-electron chi connectivity index (χ3n) is 3.16. The van der Waals surface area contributed by atoms with Gasteiger partial charge in [-0.25, -0.2) is 0 Å². The van der Waals surface area contributed by atoms with Crippen LogP contribution in [0, 0.1) is 0 Å². The van der Waals surface area contributed by atoms with E-state index in [0.717, 1.165) is 18.0 Å². The first-order valence-corrected chi connectivity index (χ1v) is 7.14. The molecule has 6 heteroatoms. The van der Waals surface area contributed by atoms with Crippen molar-refractivity contribution in [3.63, 3.8) is 0 Å². The summed E-state index contributed by atoms with van der Waals surface area (Å²) in [6.45, 7) is 3.39. The first-order valence-electron chi connectivity index (χ1n) is 6.26. The van der Waals surface area contributed by atoms with Crippen molar-refractivity contribution in [2.75, 3.05) is 46.4 Å². The van der Waals surface area contributed by atoms with Crippen LogP contribution in [0.5, 0.6) is 0 Å². The number of carbonyl (C=O) groups is 2. The zero-order valence-corrected chi connectivity index (χ0v) is 11.8. The van der Waals surface area contributed by atoms with Crippen molar-refractivity contribution in [3.05, 3.63) is 22.4 Å². The molecule has 19 heavy (non-hydrogen) atoms. The topological polar surface area (TPSA) is 49.9 Å². The monoisotopic (exact) mass is 282 g/mol. The fraction of sp³-hybridized carbons (Fsp3) is 0.538. The molecule has 0 bridgehead atoms. The Morgan fingerprint density at radius 3 is 2.63 bits per heavy atom. The second-order valence-electron chi connectivity index (χ2n) is 4.49. The Morgan fingerprint density at radius 2 is 2.05 bits per heavy atom. The van der Waals surface area contributed by atoms with Crippen LogP contribution in [0.4, 0.5) is 0 Å². The Kier molecular flexibility index (Phi) is 5.07. The van der Waals surface area contributed by atoms with Gasteiger partial charge in [-0.05, 0) is 11.4 Å². The molecule has 104 valence electrons. The van der Waals surface area contributed by atoms with Crippen molar-refractivity contribution in [2.24, 2.45) is 0 Å². The normalized spacial score (nSPS) is 16.6. The van der Waals surface area contributed by atoms with E-state index in [-0.39, 0.29) is 18.3 Å². The molecule has 0 saturated carbocycles. The highest BCUT2D eigenvalue weighted by Gasteiger charge is 2.22. The Labute approximate surface area is 116 Å². The molecule has 0 spiro atoms. The minimum atomic E-state index is 0.0201. The fourth-order valence-corrected chi connectivity index (χ4v) is 2.75. The molecule has 1 fully saturated rings. The first kappa shape index (κ1) is 14.2. The van der Waals surface area contributed by atoms with Gasteiger partial charge in [0.2, 0.25) is 5.91 Å². The molecule has 1 aromatic rings. The molecule has 0 aromatic carbocycles. The Balaban J connectivity index is 1.77. The van der Waals surface area contributed by atoms with E-state index in [1.807, 2.05) is 17.5 Å². The molecule has 0 atom stereocenters. The van der Waals surface area contributed by atoms with E-state index < -0.39 is 0 Å². The van der Waals surface area contributed by atoms with Gasteiger partial charge in [-0.2, -0.15) is 0 Å². The van der Waals surface area contributed by atoms with Crippen molar-refractivity contribution in [2.45, 2.75) is 0 Å². The quantitative estimate of drug-likeness (QED) is 0.747. The average Bonchev–Trinajstić information content (AvgIpc) is 2.94. The molecule has 0 unspecified atom stereocenters. The SMILES string of the molecule is COCC(=O)N1CCN(CC(=O)c2cccs2)CC1. The van der Waals surface area contributed by atoms with Gasteiger partial charge in [0.15, 0.2) is 5.78 Å². The number of thiophene rings is 1. The average molecular weight is 282 g/mol. The minimum absolute atomic E-state index is 0.0201. The van der Waals surface area contributed by atoms with E-state index in [2.05, 4.69) is 4.90 Å². The van der Waals surface area contributed by atoms with Gasteiger partial charge in [-0.1, -0.05) is 6.07 Å². The molecule has 1 amide bonds. The van der Waals surface area contributed by atoms with Crippen LogP contribution in [-0.2, 0) is 9.53 Å². The van der Waals surface area contributed by atoms with Gasteiger partial charge in [0.05, 0.1) is 11.4 Å². The molecule has 1 aliphatic heterocycles.